The van der Waals surface area contributed by atoms with E-state index in [0.717, 1.165) is 0 Å². The zero-order valence-corrected chi connectivity index (χ0v) is 12.2. The van der Waals surface area contributed by atoms with Crippen molar-refractivity contribution in [3.8, 4) is 0 Å². The molecule has 1 aromatic rings. The van der Waals surface area contributed by atoms with Gasteiger partial charge in [0.2, 0.25) is 11.7 Å². The second kappa shape index (κ2) is 5.65. The van der Waals surface area contributed by atoms with Crippen LogP contribution in [0.5, 0.6) is 0 Å². The third-order valence-corrected chi connectivity index (χ3v) is 3.88. The number of anilines is 1. The van der Waals surface area contributed by atoms with E-state index in [1.807, 2.05) is 0 Å². The van der Waals surface area contributed by atoms with E-state index in [0.29, 0.717) is 24.3 Å². The fourth-order valence-electron chi connectivity index (χ4n) is 2.68. The van der Waals surface area contributed by atoms with Gasteiger partial charge >= 0.3 is 5.97 Å². The summed E-state index contributed by atoms with van der Waals surface area (Å²) < 4.78 is 14.5. The quantitative estimate of drug-likeness (QED) is 0.382. The number of guanidine groups is 1. The molecule has 23 heavy (non-hydrogen) atoms. The number of rotatable bonds is 3. The Bertz CT molecular complexity index is 668. The average molecular weight is 323 g/mol. The number of carbonyl (C=O) groups is 1. The molecule has 0 saturated carbocycles. The highest BCUT2D eigenvalue weighted by molar-refractivity contribution is 5.79. The van der Waals surface area contributed by atoms with Crippen LogP contribution in [0.4, 0.5) is 10.1 Å². The number of hydrogen-bond donors (Lipinski definition) is 6. The number of hydrogen-bond acceptors (Lipinski definition) is 8. The molecule has 8 N–H and O–H groups in total. The topological polar surface area (TPSA) is 141 Å². The van der Waals surface area contributed by atoms with E-state index >= 15 is 0 Å². The van der Waals surface area contributed by atoms with Crippen LogP contribution in [0.2, 0.25) is 0 Å². The Labute approximate surface area is 131 Å². The van der Waals surface area contributed by atoms with Gasteiger partial charge in [-0.05, 0) is 12.1 Å². The molecule has 2 aliphatic rings. The summed E-state index contributed by atoms with van der Waals surface area (Å²) in [5, 5.41) is 11.9. The van der Waals surface area contributed by atoms with E-state index in [-0.39, 0.29) is 12.5 Å². The Hall–Kier alpha value is -2.43. The lowest BCUT2D eigenvalue weighted by atomic mass is 10.1. The zero-order chi connectivity index (χ0) is 16.6. The van der Waals surface area contributed by atoms with Crippen LogP contribution in [0.3, 0.4) is 0 Å². The zero-order valence-electron chi connectivity index (χ0n) is 12.2. The van der Waals surface area contributed by atoms with Gasteiger partial charge in [0, 0.05) is 25.2 Å². The molecule has 1 aromatic carbocycles. The highest BCUT2D eigenvalue weighted by Crippen LogP contribution is 2.26. The largest absolute Gasteiger partial charge is 0.480 e. The van der Waals surface area contributed by atoms with Crippen molar-refractivity contribution in [2.45, 2.75) is 11.8 Å². The van der Waals surface area contributed by atoms with E-state index in [1.165, 1.54) is 6.07 Å². The van der Waals surface area contributed by atoms with E-state index < -0.39 is 23.6 Å². The summed E-state index contributed by atoms with van der Waals surface area (Å²) in [7, 11) is 0. The number of carboxylic acids is 1. The van der Waals surface area contributed by atoms with Crippen LogP contribution >= 0.6 is 0 Å². The minimum Gasteiger partial charge on any atom is -0.480 e. The molecule has 3 rings (SSSR count). The summed E-state index contributed by atoms with van der Waals surface area (Å²) >= 11 is 0. The van der Waals surface area contributed by atoms with E-state index in [4.69, 9.17) is 16.6 Å². The number of aliphatic imine (C=N–C) groups is 1. The van der Waals surface area contributed by atoms with E-state index in [9.17, 15) is 9.18 Å². The first-order valence-electron chi connectivity index (χ1n) is 7.07. The molecule has 9 nitrogen and oxygen atoms in total. The van der Waals surface area contributed by atoms with Crippen molar-refractivity contribution in [3.05, 3.63) is 29.6 Å². The van der Waals surface area contributed by atoms with Gasteiger partial charge in [-0.2, -0.15) is 5.43 Å². The molecule has 10 heteroatoms. The number of benzene rings is 1. The summed E-state index contributed by atoms with van der Waals surface area (Å²) in [4.78, 5) is 16.8. The molecule has 1 fully saturated rings. The third-order valence-electron chi connectivity index (χ3n) is 3.88. The van der Waals surface area contributed by atoms with Crippen LogP contribution in [0.25, 0.3) is 0 Å². The summed E-state index contributed by atoms with van der Waals surface area (Å²) in [5.74, 6) is -2.68. The summed E-state index contributed by atoms with van der Waals surface area (Å²) in [5.41, 5.74) is 17.5. The molecule has 0 amide bonds. The number of piperazine rings is 1. The van der Waals surface area contributed by atoms with Gasteiger partial charge in [0.1, 0.15) is 11.9 Å². The molecule has 2 unspecified atom stereocenters. The molecule has 0 aromatic heterocycles. The predicted octanol–water partition coefficient (Wildman–Crippen LogP) is -1.82. The lowest BCUT2D eigenvalue weighted by Gasteiger charge is -2.33. The van der Waals surface area contributed by atoms with Crippen LogP contribution in [-0.4, -0.2) is 42.7 Å². The van der Waals surface area contributed by atoms with Gasteiger partial charge in [-0.3, -0.25) is 16.0 Å². The normalized spacial score (nSPS) is 27.5. The minimum atomic E-state index is -1.34. The molecule has 2 atom stereocenters. The van der Waals surface area contributed by atoms with Crippen LogP contribution < -0.4 is 32.5 Å². The smallest absolute Gasteiger partial charge is 0.322 e. The second-order valence-corrected chi connectivity index (χ2v) is 5.47. The molecular formula is C13H18FN7O2. The first-order chi connectivity index (χ1) is 10.9. The molecule has 0 aliphatic carbocycles. The Morgan fingerprint density at radius 1 is 1.52 bits per heavy atom. The Balaban J connectivity index is 1.84. The summed E-state index contributed by atoms with van der Waals surface area (Å²) in [6.45, 7) is 1.16. The molecule has 124 valence electrons. The van der Waals surface area contributed by atoms with Gasteiger partial charge in [0.15, 0.2) is 0 Å². The number of nitrogens with zero attached hydrogens (tertiary/aromatic N) is 2. The van der Waals surface area contributed by atoms with Crippen LogP contribution in [0.15, 0.2) is 23.2 Å². The van der Waals surface area contributed by atoms with Gasteiger partial charge in [-0.25, -0.2) is 9.38 Å². The monoisotopic (exact) mass is 323 g/mol. The van der Waals surface area contributed by atoms with Crippen molar-refractivity contribution in [1.29, 1.82) is 0 Å². The summed E-state index contributed by atoms with van der Waals surface area (Å²) in [6.07, 6.45) is 0. The number of nitrogens with one attached hydrogen (secondary N) is 3. The third kappa shape index (κ3) is 2.91. The van der Waals surface area contributed by atoms with Crippen molar-refractivity contribution in [2.75, 3.05) is 24.5 Å². The second-order valence-electron chi connectivity index (χ2n) is 5.47. The Kier molecular flexibility index (Phi) is 3.80. The molecule has 0 bridgehead atoms. The molecule has 1 saturated heterocycles. The number of halogens is 1. The van der Waals surface area contributed by atoms with Crippen molar-refractivity contribution in [3.63, 3.8) is 0 Å². The predicted molar refractivity (Wildman–Crippen MR) is 81.8 cm³/mol. The Morgan fingerprint density at radius 2 is 2.30 bits per heavy atom. The first-order valence-corrected chi connectivity index (χ1v) is 7.07. The lowest BCUT2D eigenvalue weighted by molar-refractivity contribution is -0.139. The van der Waals surface area contributed by atoms with Crippen LogP contribution in [0, 0.1) is 5.82 Å². The maximum Gasteiger partial charge on any atom is 0.322 e. The number of hydrazine groups is 1. The summed E-state index contributed by atoms with van der Waals surface area (Å²) in [6, 6.07) is 3.74. The standard InChI is InChI=1S/C13H18FN7O2/c14-8-5-7(13(16)18-12(15)19-20-13)1-2-10(8)21-4-3-17-9(6-21)11(22)23/h1-2,5,9,17,20H,3-4,6,16H2,(H,22,23)(H3,15,18,19). The van der Waals surface area contributed by atoms with Gasteiger partial charge in [0.25, 0.3) is 0 Å². The van der Waals surface area contributed by atoms with E-state index in [1.54, 1.807) is 17.0 Å². The maximum atomic E-state index is 14.5. The van der Waals surface area contributed by atoms with Crippen molar-refractivity contribution < 1.29 is 14.3 Å². The number of nitrogens with two attached hydrogens (primary N) is 2. The number of carboxylic acid groups (broad SMARTS) is 1. The molecule has 0 spiro atoms. The van der Waals surface area contributed by atoms with Crippen molar-refractivity contribution in [1.82, 2.24) is 16.2 Å². The SMILES string of the molecule is NC1=NC(N)(c2ccc(N3CCNC(C(=O)O)C3)c(F)c2)NN1. The highest BCUT2D eigenvalue weighted by atomic mass is 19.1. The molecule has 2 aliphatic heterocycles. The van der Waals surface area contributed by atoms with Crippen molar-refractivity contribution >= 4 is 17.6 Å². The maximum absolute atomic E-state index is 14.5. The minimum absolute atomic E-state index is 0.114. The highest BCUT2D eigenvalue weighted by Gasteiger charge is 2.33. The first kappa shape index (κ1) is 15.5. The van der Waals surface area contributed by atoms with Gasteiger partial charge in [-0.1, -0.05) is 6.07 Å². The van der Waals surface area contributed by atoms with Crippen LogP contribution in [0.1, 0.15) is 5.56 Å². The van der Waals surface area contributed by atoms with Crippen molar-refractivity contribution in [2.24, 2.45) is 16.5 Å². The van der Waals surface area contributed by atoms with Gasteiger partial charge < -0.3 is 21.1 Å². The molecular weight excluding hydrogens is 305 g/mol. The molecule has 0 radical (unpaired) electrons. The van der Waals surface area contributed by atoms with E-state index in [2.05, 4.69) is 21.2 Å². The fourth-order valence-corrected chi connectivity index (χ4v) is 2.68. The average Bonchev–Trinajstić information content (AvgIpc) is 2.88. The fraction of sp³-hybridized carbons (Fsp3) is 0.385. The van der Waals surface area contributed by atoms with Gasteiger partial charge in [0.05, 0.1) is 5.69 Å². The lowest BCUT2D eigenvalue weighted by Crippen LogP contribution is -2.54. The number of aliphatic carboxylic acids is 1. The Morgan fingerprint density at radius 3 is 2.91 bits per heavy atom. The molecule has 2 heterocycles. The van der Waals surface area contributed by atoms with Gasteiger partial charge in [-0.15, -0.1) is 0 Å². The van der Waals surface area contributed by atoms with Crippen LogP contribution in [-0.2, 0) is 10.6 Å².